The normalized spacial score (nSPS) is 22.9. The molecule has 3 rings (SSSR count). The Morgan fingerprint density at radius 3 is 2.53 bits per heavy atom. The topological polar surface area (TPSA) is 111 Å². The van der Waals surface area contributed by atoms with Gasteiger partial charge >= 0.3 is 12.5 Å². The van der Waals surface area contributed by atoms with E-state index in [1.807, 2.05) is 0 Å². The van der Waals surface area contributed by atoms with Crippen molar-refractivity contribution in [2.45, 2.75) is 43.1 Å². The van der Waals surface area contributed by atoms with Gasteiger partial charge in [-0.3, -0.25) is 14.3 Å². The van der Waals surface area contributed by atoms with E-state index in [-0.39, 0.29) is 17.8 Å². The number of likely N-dealkylation sites (tertiary alicyclic amines) is 1. The van der Waals surface area contributed by atoms with Crippen LogP contribution in [0.1, 0.15) is 31.2 Å². The van der Waals surface area contributed by atoms with E-state index in [9.17, 15) is 27.6 Å². The molecule has 1 saturated heterocycles. The number of rotatable bonds is 6. The first kappa shape index (κ1) is 25.6. The van der Waals surface area contributed by atoms with E-state index >= 15 is 0 Å². The largest absolute Gasteiger partial charge is 0.524 e. The molecule has 0 saturated carbocycles. The summed E-state index contributed by atoms with van der Waals surface area (Å²) in [6, 6.07) is 7.31. The highest BCUT2D eigenvalue weighted by molar-refractivity contribution is 6.29. The lowest BCUT2D eigenvalue weighted by Gasteiger charge is -2.36. The summed E-state index contributed by atoms with van der Waals surface area (Å²) in [5, 5.41) is 0.260. The number of hydrogen-bond donors (Lipinski definition) is 2. The lowest BCUT2D eigenvalue weighted by molar-refractivity contribution is -0.342. The molecule has 34 heavy (non-hydrogen) atoms. The Balaban J connectivity index is 1.80. The zero-order valence-corrected chi connectivity index (χ0v) is 18.7. The number of nitrogens with two attached hydrogens (primary N) is 1. The van der Waals surface area contributed by atoms with Crippen molar-refractivity contribution in [3.63, 3.8) is 0 Å². The summed E-state index contributed by atoms with van der Waals surface area (Å²) >= 11 is 6.35. The van der Waals surface area contributed by atoms with Gasteiger partial charge in [-0.1, -0.05) is 48.0 Å². The molecule has 1 aromatic rings. The van der Waals surface area contributed by atoms with Crippen molar-refractivity contribution in [2.24, 2.45) is 5.73 Å². The van der Waals surface area contributed by atoms with Crippen LogP contribution in [0.25, 0.3) is 5.57 Å². The van der Waals surface area contributed by atoms with Crippen molar-refractivity contribution < 1.29 is 37.0 Å². The molecule has 1 aliphatic carbocycles. The number of carbonyl (C=O) groups excluding carboxylic acids is 3. The number of piperidine rings is 1. The van der Waals surface area contributed by atoms with Crippen LogP contribution in [-0.4, -0.2) is 53.4 Å². The van der Waals surface area contributed by atoms with Crippen molar-refractivity contribution in [2.75, 3.05) is 13.2 Å². The van der Waals surface area contributed by atoms with E-state index in [2.05, 4.69) is 14.8 Å². The number of ether oxygens (including phenoxy) is 2. The maximum atomic E-state index is 13.2. The fourth-order valence-electron chi connectivity index (χ4n) is 3.96. The van der Waals surface area contributed by atoms with E-state index in [0.717, 1.165) is 0 Å². The summed E-state index contributed by atoms with van der Waals surface area (Å²) in [4.78, 5) is 37.4. The predicted octanol–water partition coefficient (Wildman–Crippen LogP) is 3.42. The third-order valence-electron chi connectivity index (χ3n) is 5.38. The molecule has 0 bridgehead atoms. The predicted molar refractivity (Wildman–Crippen MR) is 116 cm³/mol. The molecule has 0 radical (unpaired) electrons. The fraction of sp³-hybridized carbons (Fsp3) is 0.409. The summed E-state index contributed by atoms with van der Waals surface area (Å²) in [6.45, 7) is -0.359. The highest BCUT2D eigenvalue weighted by atomic mass is 35.5. The van der Waals surface area contributed by atoms with E-state index < -0.39 is 48.4 Å². The summed E-state index contributed by atoms with van der Waals surface area (Å²) in [5.74, 6) is -1.20. The van der Waals surface area contributed by atoms with Gasteiger partial charge < -0.3 is 20.7 Å². The molecule has 3 N–H and O–H groups in total. The minimum absolute atomic E-state index is 0.0863. The molecule has 3 amide bonds. The van der Waals surface area contributed by atoms with Crippen LogP contribution >= 0.6 is 11.6 Å². The Kier molecular flexibility index (Phi) is 7.88. The Labute approximate surface area is 198 Å². The Morgan fingerprint density at radius 1 is 1.18 bits per heavy atom. The van der Waals surface area contributed by atoms with Gasteiger partial charge in [-0.15, -0.1) is 13.2 Å². The molecule has 12 heteroatoms. The molecule has 0 aromatic heterocycles. The first-order chi connectivity index (χ1) is 16.0. The van der Waals surface area contributed by atoms with E-state index in [4.69, 9.17) is 17.3 Å². The van der Waals surface area contributed by atoms with E-state index in [1.165, 1.54) is 17.1 Å². The van der Waals surface area contributed by atoms with Crippen LogP contribution in [0.3, 0.4) is 0 Å². The van der Waals surface area contributed by atoms with Crippen LogP contribution < -0.4 is 11.1 Å². The molecule has 2 unspecified atom stereocenters. The Hall–Kier alpha value is -3.05. The molecule has 8 nitrogen and oxygen atoms in total. The summed E-state index contributed by atoms with van der Waals surface area (Å²) in [5.41, 5.74) is 5.49. The molecule has 1 fully saturated rings. The van der Waals surface area contributed by atoms with Gasteiger partial charge in [-0.2, -0.15) is 0 Å². The summed E-state index contributed by atoms with van der Waals surface area (Å²) in [6.07, 6.45) is -2.20. The lowest BCUT2D eigenvalue weighted by Crippen LogP contribution is -2.53. The highest BCUT2D eigenvalue weighted by Crippen LogP contribution is 2.45. The lowest BCUT2D eigenvalue weighted by atomic mass is 9.92. The molecular weight excluding hydrogens is 479 g/mol. The van der Waals surface area contributed by atoms with Crippen LogP contribution in [0.15, 0.2) is 48.2 Å². The van der Waals surface area contributed by atoms with E-state index in [1.54, 1.807) is 30.3 Å². The van der Waals surface area contributed by atoms with Gasteiger partial charge in [0.2, 0.25) is 5.91 Å². The van der Waals surface area contributed by atoms with Crippen LogP contribution in [0.4, 0.5) is 18.0 Å². The van der Waals surface area contributed by atoms with Crippen LogP contribution in [-0.2, 0) is 19.1 Å². The number of amides is 3. The number of primary amides is 1. The third-order valence-corrected chi connectivity index (χ3v) is 5.80. The first-order valence-electron chi connectivity index (χ1n) is 10.4. The van der Waals surface area contributed by atoms with Crippen molar-refractivity contribution in [3.8, 4) is 0 Å². The number of nitrogens with zero attached hydrogens (tertiary/aromatic N) is 1. The molecular formula is C22H23ClF3N3O5. The van der Waals surface area contributed by atoms with Gasteiger partial charge in [0.25, 0.3) is 5.91 Å². The zero-order valence-electron chi connectivity index (χ0n) is 17.9. The molecule has 1 aromatic carbocycles. The van der Waals surface area contributed by atoms with Gasteiger partial charge in [0.05, 0.1) is 0 Å². The average Bonchev–Trinajstić information content (AvgIpc) is 2.76. The second-order valence-electron chi connectivity index (χ2n) is 7.79. The number of benzene rings is 1. The monoisotopic (exact) mass is 501 g/mol. The summed E-state index contributed by atoms with van der Waals surface area (Å²) < 4.78 is 48.4. The molecule has 184 valence electrons. The first-order valence-corrected chi connectivity index (χ1v) is 10.8. The number of allylic oxidation sites excluding steroid dienone is 2. The van der Waals surface area contributed by atoms with Crippen LogP contribution in [0, 0.1) is 0 Å². The van der Waals surface area contributed by atoms with Gasteiger partial charge in [0, 0.05) is 24.2 Å². The number of alkyl halides is 4. The molecule has 2 atom stereocenters. The maximum absolute atomic E-state index is 13.2. The van der Waals surface area contributed by atoms with Crippen molar-refractivity contribution in [1.82, 2.24) is 10.2 Å². The number of nitrogens with one attached hydrogen (secondary N) is 1. The minimum atomic E-state index is -5.03. The van der Waals surface area contributed by atoms with Gasteiger partial charge in [0.15, 0.2) is 11.7 Å². The third kappa shape index (κ3) is 6.51. The Bertz CT molecular complexity index is 999. The highest BCUT2D eigenvalue weighted by Gasteiger charge is 2.47. The number of carbonyl (C=O) groups is 3. The number of hydrogen-bond acceptors (Lipinski definition) is 5. The summed E-state index contributed by atoms with van der Waals surface area (Å²) in [7, 11) is 0. The van der Waals surface area contributed by atoms with Gasteiger partial charge in [-0.25, -0.2) is 4.79 Å². The second-order valence-corrected chi connectivity index (χ2v) is 8.40. The Morgan fingerprint density at radius 2 is 1.88 bits per heavy atom. The van der Waals surface area contributed by atoms with Crippen molar-refractivity contribution >= 4 is 35.1 Å². The van der Waals surface area contributed by atoms with Gasteiger partial charge in [-0.05, 0) is 30.9 Å². The molecule has 1 heterocycles. The van der Waals surface area contributed by atoms with E-state index in [0.29, 0.717) is 24.8 Å². The van der Waals surface area contributed by atoms with Crippen LogP contribution in [0.5, 0.6) is 0 Å². The molecule has 1 aliphatic heterocycles. The average molecular weight is 502 g/mol. The van der Waals surface area contributed by atoms with Gasteiger partial charge in [0.1, 0.15) is 6.04 Å². The second kappa shape index (κ2) is 10.5. The van der Waals surface area contributed by atoms with Crippen molar-refractivity contribution in [1.29, 1.82) is 0 Å². The van der Waals surface area contributed by atoms with Crippen LogP contribution in [0.2, 0.25) is 0 Å². The smallest absolute Gasteiger partial charge is 0.440 e. The van der Waals surface area contributed by atoms with Crippen molar-refractivity contribution in [3.05, 3.63) is 53.7 Å². The number of halogens is 4. The minimum Gasteiger partial charge on any atom is -0.440 e. The maximum Gasteiger partial charge on any atom is 0.524 e. The fourth-order valence-corrected chi connectivity index (χ4v) is 4.36. The standard InChI is InChI=1S/C22H23ClF3N3O5/c23-21(34-22(24,25)26)12-15(9-10-16(21)14-6-2-1-3-7-14)28-19(31)17-8-4-5-11-29(17)18(30)13-33-20(27)32/h1-3,6-7,9-10,17H,4-5,8,11-13H2,(H2,27,32)(H,28,31). The quantitative estimate of drug-likeness (QED) is 0.580. The zero-order chi connectivity index (χ0) is 24.9. The molecule has 0 spiro atoms. The SMILES string of the molecule is NC(=O)OCC(=O)N1CCCCC1C(=O)NC1=CC=C(c2ccccc2)C(Cl)(OC(F)(F)F)C1. The molecule has 2 aliphatic rings.